The highest BCUT2D eigenvalue weighted by Crippen LogP contribution is 2.10. The van der Waals surface area contributed by atoms with E-state index in [4.69, 9.17) is 19.7 Å². The summed E-state index contributed by atoms with van der Waals surface area (Å²) in [6.45, 7) is 2.61. The number of carbonyl (C=O) groups is 2. The first kappa shape index (κ1) is 18.5. The lowest BCUT2D eigenvalue weighted by Gasteiger charge is -2.16. The molecule has 0 aliphatic heterocycles. The van der Waals surface area contributed by atoms with Gasteiger partial charge >= 0.3 is 11.9 Å². The number of hydrogen-bond acceptors (Lipinski definition) is 8. The van der Waals surface area contributed by atoms with Crippen molar-refractivity contribution in [3.8, 4) is 0 Å². The van der Waals surface area contributed by atoms with Crippen LogP contribution in [0.3, 0.4) is 0 Å². The Bertz CT molecular complexity index is 291. The molecule has 0 fully saturated rings. The number of ether oxygens (including phenoxy) is 4. The second kappa shape index (κ2) is 10.3. The Balaban J connectivity index is 4.41. The number of rotatable bonds is 10. The van der Waals surface area contributed by atoms with Crippen molar-refractivity contribution in [2.45, 2.75) is 19.0 Å². The van der Waals surface area contributed by atoms with Gasteiger partial charge < -0.3 is 29.2 Å². The molecule has 0 saturated carbocycles. The van der Waals surface area contributed by atoms with Crippen LogP contribution < -0.4 is 0 Å². The molecule has 0 aromatic heterocycles. The predicted molar refractivity (Wildman–Crippen MR) is 66.3 cm³/mol. The quantitative estimate of drug-likeness (QED) is 0.233. The fraction of sp³-hybridized carbons (Fsp3) is 0.667. The first-order valence-corrected chi connectivity index (χ1v) is 5.82. The fourth-order valence-electron chi connectivity index (χ4n) is 1.10. The summed E-state index contributed by atoms with van der Waals surface area (Å²) in [6, 6.07) is 0. The van der Waals surface area contributed by atoms with Crippen LogP contribution in [0.1, 0.15) is 6.42 Å². The summed E-state index contributed by atoms with van der Waals surface area (Å²) in [4.78, 5) is 23.4. The Morgan fingerprint density at radius 2 is 1.45 bits per heavy atom. The largest absolute Gasteiger partial charge is 0.460 e. The van der Waals surface area contributed by atoms with Gasteiger partial charge in [-0.1, -0.05) is 6.08 Å². The average molecular weight is 292 g/mol. The van der Waals surface area contributed by atoms with Gasteiger partial charge in [0.1, 0.15) is 13.2 Å². The summed E-state index contributed by atoms with van der Waals surface area (Å²) >= 11 is 0. The van der Waals surface area contributed by atoms with Crippen molar-refractivity contribution in [2.24, 2.45) is 5.92 Å². The summed E-state index contributed by atoms with van der Waals surface area (Å²) in [5.74, 6) is -2.98. The van der Waals surface area contributed by atoms with Crippen LogP contribution in [-0.4, -0.2) is 62.2 Å². The molecule has 2 atom stereocenters. The van der Waals surface area contributed by atoms with E-state index in [-0.39, 0.29) is 6.42 Å². The van der Waals surface area contributed by atoms with E-state index >= 15 is 0 Å². The molecule has 0 spiro atoms. The van der Waals surface area contributed by atoms with Crippen molar-refractivity contribution in [3.05, 3.63) is 12.7 Å². The van der Waals surface area contributed by atoms with Crippen molar-refractivity contribution in [1.82, 2.24) is 0 Å². The van der Waals surface area contributed by atoms with Crippen molar-refractivity contribution < 1.29 is 38.7 Å². The zero-order valence-electron chi connectivity index (χ0n) is 11.5. The molecule has 2 N–H and O–H groups in total. The molecular formula is C12H20O8. The maximum Gasteiger partial charge on any atom is 0.320 e. The highest BCUT2D eigenvalue weighted by molar-refractivity contribution is 5.95. The van der Waals surface area contributed by atoms with Crippen molar-refractivity contribution in [3.63, 3.8) is 0 Å². The van der Waals surface area contributed by atoms with Crippen LogP contribution in [0.5, 0.6) is 0 Å². The van der Waals surface area contributed by atoms with E-state index in [1.807, 2.05) is 0 Å². The molecule has 116 valence electrons. The number of hydrogen-bond donors (Lipinski definition) is 2. The minimum atomic E-state index is -1.27. The SMILES string of the molecule is C=CCC(C(=O)OCC(O)OC)C(=O)OCC(O)OC. The zero-order valence-corrected chi connectivity index (χ0v) is 11.5. The minimum Gasteiger partial charge on any atom is -0.460 e. The Morgan fingerprint density at radius 1 is 1.05 bits per heavy atom. The number of aliphatic hydroxyl groups is 2. The highest BCUT2D eigenvalue weighted by atomic mass is 16.6. The molecule has 0 heterocycles. The van der Waals surface area contributed by atoms with Gasteiger partial charge in [-0.3, -0.25) is 9.59 Å². The van der Waals surface area contributed by atoms with Crippen LogP contribution in [0.15, 0.2) is 12.7 Å². The Hall–Kier alpha value is -1.48. The van der Waals surface area contributed by atoms with Gasteiger partial charge in [0.05, 0.1) is 0 Å². The van der Waals surface area contributed by atoms with Crippen LogP contribution in [0.2, 0.25) is 0 Å². The van der Waals surface area contributed by atoms with E-state index < -0.39 is 43.7 Å². The van der Waals surface area contributed by atoms with Gasteiger partial charge in [0.2, 0.25) is 0 Å². The Morgan fingerprint density at radius 3 is 1.75 bits per heavy atom. The first-order chi connectivity index (χ1) is 9.46. The fourth-order valence-corrected chi connectivity index (χ4v) is 1.10. The lowest BCUT2D eigenvalue weighted by Crippen LogP contribution is -2.32. The third-order valence-electron chi connectivity index (χ3n) is 2.25. The number of carbonyl (C=O) groups excluding carboxylic acids is 2. The number of esters is 2. The second-order valence-electron chi connectivity index (χ2n) is 3.72. The van der Waals surface area contributed by atoms with E-state index in [0.717, 1.165) is 0 Å². The summed E-state index contributed by atoms with van der Waals surface area (Å²) in [6.07, 6.45) is -1.18. The maximum absolute atomic E-state index is 11.7. The second-order valence-corrected chi connectivity index (χ2v) is 3.72. The van der Waals surface area contributed by atoms with Crippen molar-refractivity contribution in [2.75, 3.05) is 27.4 Å². The molecule has 0 aromatic carbocycles. The summed E-state index contributed by atoms with van der Waals surface area (Å²) in [5, 5.41) is 18.2. The van der Waals surface area contributed by atoms with Crippen LogP contribution in [0.4, 0.5) is 0 Å². The van der Waals surface area contributed by atoms with E-state index in [9.17, 15) is 9.59 Å². The van der Waals surface area contributed by atoms with E-state index in [1.165, 1.54) is 20.3 Å². The normalized spacial score (nSPS) is 15.0. The third kappa shape index (κ3) is 7.19. The molecule has 0 rings (SSSR count). The summed E-state index contributed by atoms with van der Waals surface area (Å²) in [5.41, 5.74) is 0. The lowest BCUT2D eigenvalue weighted by molar-refractivity contribution is -0.177. The standard InChI is InChI=1S/C12H20O8/c1-4-5-8(11(15)19-6-9(13)17-2)12(16)20-7-10(14)18-3/h4,8-10,13-14H,1,5-7H2,2-3H3. The monoisotopic (exact) mass is 292 g/mol. The van der Waals surface area contributed by atoms with Crippen LogP contribution >= 0.6 is 0 Å². The van der Waals surface area contributed by atoms with Crippen LogP contribution in [-0.2, 0) is 28.5 Å². The Labute approximate surface area is 116 Å². The van der Waals surface area contributed by atoms with Gasteiger partial charge in [-0.15, -0.1) is 6.58 Å². The molecule has 8 nitrogen and oxygen atoms in total. The third-order valence-corrected chi connectivity index (χ3v) is 2.25. The highest BCUT2D eigenvalue weighted by Gasteiger charge is 2.29. The smallest absolute Gasteiger partial charge is 0.320 e. The molecule has 8 heteroatoms. The van der Waals surface area contributed by atoms with Gasteiger partial charge in [0.15, 0.2) is 18.5 Å². The molecule has 20 heavy (non-hydrogen) atoms. The molecule has 0 aromatic rings. The molecule has 2 unspecified atom stereocenters. The summed E-state index contributed by atoms with van der Waals surface area (Å²) < 4.78 is 18.4. The van der Waals surface area contributed by atoms with Crippen LogP contribution in [0.25, 0.3) is 0 Å². The predicted octanol–water partition coefficient (Wildman–Crippen LogP) is -0.805. The lowest BCUT2D eigenvalue weighted by atomic mass is 10.1. The van der Waals surface area contributed by atoms with E-state index in [1.54, 1.807) is 0 Å². The van der Waals surface area contributed by atoms with E-state index in [2.05, 4.69) is 16.1 Å². The van der Waals surface area contributed by atoms with Gasteiger partial charge in [-0.2, -0.15) is 0 Å². The number of methoxy groups -OCH3 is 2. The number of allylic oxidation sites excluding steroid dienone is 1. The molecule has 0 aliphatic rings. The molecule has 0 saturated heterocycles. The topological polar surface area (TPSA) is 112 Å². The van der Waals surface area contributed by atoms with Crippen molar-refractivity contribution >= 4 is 11.9 Å². The number of aliphatic hydroxyl groups excluding tert-OH is 2. The van der Waals surface area contributed by atoms with Gasteiger partial charge in [-0.25, -0.2) is 0 Å². The average Bonchev–Trinajstić information content (AvgIpc) is 2.46. The summed E-state index contributed by atoms with van der Waals surface area (Å²) in [7, 11) is 2.47. The molecular weight excluding hydrogens is 272 g/mol. The van der Waals surface area contributed by atoms with Gasteiger partial charge in [0.25, 0.3) is 0 Å². The molecule has 0 bridgehead atoms. The maximum atomic E-state index is 11.7. The molecule has 0 aliphatic carbocycles. The van der Waals surface area contributed by atoms with E-state index in [0.29, 0.717) is 0 Å². The minimum absolute atomic E-state index is 0.00379. The van der Waals surface area contributed by atoms with Gasteiger partial charge in [-0.05, 0) is 6.42 Å². The van der Waals surface area contributed by atoms with Crippen molar-refractivity contribution in [1.29, 1.82) is 0 Å². The van der Waals surface area contributed by atoms with Gasteiger partial charge in [0, 0.05) is 14.2 Å². The van der Waals surface area contributed by atoms with Crippen LogP contribution in [0, 0.1) is 5.92 Å². The molecule has 0 amide bonds. The first-order valence-electron chi connectivity index (χ1n) is 5.82. The zero-order chi connectivity index (χ0) is 15.5. The Kier molecular flexibility index (Phi) is 9.56. The molecule has 0 radical (unpaired) electrons.